The number of nitrogens with one attached hydrogen (secondary N) is 1. The van der Waals surface area contributed by atoms with Gasteiger partial charge in [-0.25, -0.2) is 9.97 Å². The third-order valence-corrected chi connectivity index (χ3v) is 4.98. The van der Waals surface area contributed by atoms with Gasteiger partial charge in [0.25, 0.3) is 0 Å². The number of hydrogen-bond acceptors (Lipinski definition) is 6. The van der Waals surface area contributed by atoms with Crippen LogP contribution in [0.2, 0.25) is 0 Å². The van der Waals surface area contributed by atoms with Crippen LogP contribution in [0.5, 0.6) is 11.5 Å². The van der Waals surface area contributed by atoms with Crippen molar-refractivity contribution in [3.05, 3.63) is 71.5 Å². The number of nitrogens with zero attached hydrogens (tertiary/aromatic N) is 3. The summed E-state index contributed by atoms with van der Waals surface area (Å²) in [6.07, 6.45) is 2.86. The zero-order chi connectivity index (χ0) is 20.1. The molecule has 6 nitrogen and oxygen atoms in total. The molecule has 2 heterocycles. The van der Waals surface area contributed by atoms with Crippen LogP contribution in [-0.2, 0) is 19.5 Å². The lowest BCUT2D eigenvalue weighted by molar-refractivity contribution is 0.242. The second-order valence-electron chi connectivity index (χ2n) is 7.04. The number of fused-ring (bicyclic) bond motifs is 1. The summed E-state index contributed by atoms with van der Waals surface area (Å²) in [5.74, 6) is 2.22. The van der Waals surface area contributed by atoms with E-state index in [1.165, 1.54) is 11.1 Å². The molecule has 0 spiro atoms. The molecule has 0 saturated heterocycles. The van der Waals surface area contributed by atoms with Gasteiger partial charge in [-0.2, -0.15) is 0 Å². The second-order valence-corrected chi connectivity index (χ2v) is 7.04. The van der Waals surface area contributed by atoms with Crippen molar-refractivity contribution in [3.63, 3.8) is 0 Å². The molecule has 150 valence electrons. The number of rotatable bonds is 7. The van der Waals surface area contributed by atoms with Crippen molar-refractivity contribution in [2.45, 2.75) is 26.4 Å². The Hall–Kier alpha value is -3.12. The Kier molecular flexibility index (Phi) is 5.91. The molecule has 6 heteroatoms. The lowest BCUT2D eigenvalue weighted by Crippen LogP contribution is -2.31. The van der Waals surface area contributed by atoms with Gasteiger partial charge in [-0.15, -0.1) is 0 Å². The van der Waals surface area contributed by atoms with Gasteiger partial charge in [0, 0.05) is 43.5 Å². The zero-order valence-electron chi connectivity index (χ0n) is 16.9. The van der Waals surface area contributed by atoms with E-state index in [9.17, 15) is 0 Å². The first-order valence-electron chi connectivity index (χ1n) is 9.94. The summed E-state index contributed by atoms with van der Waals surface area (Å²) in [7, 11) is 1.68. The maximum Gasteiger partial charge on any atom is 0.227 e. The van der Waals surface area contributed by atoms with Crippen molar-refractivity contribution < 1.29 is 9.47 Å². The van der Waals surface area contributed by atoms with Crippen LogP contribution in [0, 0.1) is 0 Å². The molecule has 1 aliphatic rings. The Morgan fingerprint density at radius 2 is 1.97 bits per heavy atom. The molecule has 0 saturated carbocycles. The fourth-order valence-electron chi connectivity index (χ4n) is 3.56. The number of hydrogen-bond donors (Lipinski definition) is 1. The molecule has 1 aliphatic heterocycles. The van der Waals surface area contributed by atoms with Gasteiger partial charge in [0.2, 0.25) is 5.95 Å². The van der Waals surface area contributed by atoms with Gasteiger partial charge in [0.15, 0.2) is 11.5 Å². The zero-order valence-corrected chi connectivity index (χ0v) is 16.9. The molecule has 2 aromatic carbocycles. The predicted molar refractivity (Wildman–Crippen MR) is 114 cm³/mol. The van der Waals surface area contributed by atoms with E-state index in [0.717, 1.165) is 48.9 Å². The maximum atomic E-state index is 5.61. The highest BCUT2D eigenvalue weighted by Gasteiger charge is 2.19. The largest absolute Gasteiger partial charge is 0.493 e. The molecule has 0 radical (unpaired) electrons. The molecule has 4 rings (SSSR count). The SMILES string of the molecule is CCOc1ccc(CN2CCc3nc(Nc4ccccc4)ncc3C2)cc1OC. The van der Waals surface area contributed by atoms with Gasteiger partial charge in [-0.1, -0.05) is 24.3 Å². The second kappa shape index (κ2) is 8.92. The first-order valence-corrected chi connectivity index (χ1v) is 9.94. The van der Waals surface area contributed by atoms with E-state index in [1.807, 2.05) is 49.5 Å². The monoisotopic (exact) mass is 390 g/mol. The Morgan fingerprint density at radius 3 is 2.76 bits per heavy atom. The van der Waals surface area contributed by atoms with Crippen molar-refractivity contribution in [1.82, 2.24) is 14.9 Å². The lowest BCUT2D eigenvalue weighted by Gasteiger charge is -2.28. The van der Waals surface area contributed by atoms with Crippen LogP contribution in [-0.4, -0.2) is 35.1 Å². The molecule has 0 aliphatic carbocycles. The van der Waals surface area contributed by atoms with Gasteiger partial charge in [0.05, 0.1) is 19.4 Å². The first-order chi connectivity index (χ1) is 14.2. The Balaban J connectivity index is 1.42. The van der Waals surface area contributed by atoms with Crippen LogP contribution in [0.25, 0.3) is 0 Å². The van der Waals surface area contributed by atoms with Crippen molar-refractivity contribution in [1.29, 1.82) is 0 Å². The smallest absolute Gasteiger partial charge is 0.227 e. The van der Waals surface area contributed by atoms with Crippen molar-refractivity contribution in [2.24, 2.45) is 0 Å². The summed E-state index contributed by atoms with van der Waals surface area (Å²) in [4.78, 5) is 11.6. The van der Waals surface area contributed by atoms with E-state index in [0.29, 0.717) is 12.6 Å². The molecule has 3 aromatic rings. The van der Waals surface area contributed by atoms with E-state index in [-0.39, 0.29) is 0 Å². The molecule has 0 fully saturated rings. The molecular formula is C23H26N4O2. The number of ether oxygens (including phenoxy) is 2. The normalized spacial score (nSPS) is 13.6. The number of anilines is 2. The summed E-state index contributed by atoms with van der Waals surface area (Å²) >= 11 is 0. The van der Waals surface area contributed by atoms with Gasteiger partial charge in [-0.05, 0) is 36.8 Å². The first kappa shape index (κ1) is 19.2. The fraction of sp³-hybridized carbons (Fsp3) is 0.304. The number of para-hydroxylation sites is 1. The summed E-state index contributed by atoms with van der Waals surface area (Å²) in [5, 5.41) is 3.27. The molecule has 1 N–H and O–H groups in total. The minimum Gasteiger partial charge on any atom is -0.493 e. The molecule has 1 aromatic heterocycles. The quantitative estimate of drug-likeness (QED) is 0.653. The minimum absolute atomic E-state index is 0.625. The van der Waals surface area contributed by atoms with Gasteiger partial charge >= 0.3 is 0 Å². The highest BCUT2D eigenvalue weighted by Crippen LogP contribution is 2.29. The summed E-state index contributed by atoms with van der Waals surface area (Å²) in [6.45, 7) is 5.26. The minimum atomic E-state index is 0.625. The average Bonchev–Trinajstić information content (AvgIpc) is 2.76. The van der Waals surface area contributed by atoms with E-state index in [4.69, 9.17) is 14.5 Å². The Bertz CT molecular complexity index is 962. The molecule has 29 heavy (non-hydrogen) atoms. The van der Waals surface area contributed by atoms with Crippen LogP contribution in [0.4, 0.5) is 11.6 Å². The van der Waals surface area contributed by atoms with E-state index in [1.54, 1.807) is 7.11 Å². The van der Waals surface area contributed by atoms with Crippen LogP contribution in [0.3, 0.4) is 0 Å². The van der Waals surface area contributed by atoms with Crippen molar-refractivity contribution >= 4 is 11.6 Å². The predicted octanol–water partition coefficient (Wildman–Crippen LogP) is 4.19. The summed E-state index contributed by atoms with van der Waals surface area (Å²) < 4.78 is 11.1. The van der Waals surface area contributed by atoms with Gasteiger partial charge < -0.3 is 14.8 Å². The molecule has 0 unspecified atom stereocenters. The number of methoxy groups -OCH3 is 1. The molecular weight excluding hydrogens is 364 g/mol. The number of benzene rings is 2. The maximum absolute atomic E-state index is 5.61. The molecule has 0 amide bonds. The Morgan fingerprint density at radius 1 is 1.10 bits per heavy atom. The summed E-state index contributed by atoms with van der Waals surface area (Å²) in [6, 6.07) is 16.2. The van der Waals surface area contributed by atoms with E-state index >= 15 is 0 Å². The van der Waals surface area contributed by atoms with Gasteiger partial charge in [0.1, 0.15) is 0 Å². The summed E-state index contributed by atoms with van der Waals surface area (Å²) in [5.41, 5.74) is 4.51. The topological polar surface area (TPSA) is 59.5 Å². The third-order valence-electron chi connectivity index (χ3n) is 4.98. The van der Waals surface area contributed by atoms with Gasteiger partial charge in [-0.3, -0.25) is 4.90 Å². The van der Waals surface area contributed by atoms with Crippen LogP contribution in [0.15, 0.2) is 54.7 Å². The van der Waals surface area contributed by atoms with Crippen molar-refractivity contribution in [3.8, 4) is 11.5 Å². The van der Waals surface area contributed by atoms with E-state index < -0.39 is 0 Å². The molecule has 0 bridgehead atoms. The van der Waals surface area contributed by atoms with E-state index in [2.05, 4.69) is 27.3 Å². The molecule has 0 atom stereocenters. The average molecular weight is 390 g/mol. The highest BCUT2D eigenvalue weighted by atomic mass is 16.5. The number of aromatic nitrogens is 2. The van der Waals surface area contributed by atoms with Crippen LogP contribution >= 0.6 is 0 Å². The van der Waals surface area contributed by atoms with Crippen LogP contribution in [0.1, 0.15) is 23.7 Å². The van der Waals surface area contributed by atoms with Crippen LogP contribution < -0.4 is 14.8 Å². The third kappa shape index (κ3) is 4.66. The van der Waals surface area contributed by atoms with Crippen molar-refractivity contribution in [2.75, 3.05) is 25.6 Å². The standard InChI is InChI=1S/C23H26N4O2/c1-3-29-21-10-9-17(13-22(21)28-2)15-27-12-11-20-18(16-27)14-24-23(26-20)25-19-7-5-4-6-8-19/h4-10,13-14H,3,11-12,15-16H2,1-2H3,(H,24,25,26). The lowest BCUT2D eigenvalue weighted by atomic mass is 10.1. The highest BCUT2D eigenvalue weighted by molar-refractivity contribution is 5.53. The fourth-order valence-corrected chi connectivity index (χ4v) is 3.56. The Labute approximate surface area is 171 Å².